The molecule has 0 radical (unpaired) electrons. The summed E-state index contributed by atoms with van der Waals surface area (Å²) in [6.07, 6.45) is 0.266. The molecule has 102 valence electrons. The van der Waals surface area contributed by atoms with E-state index in [1.165, 1.54) is 12.1 Å². The highest BCUT2D eigenvalue weighted by molar-refractivity contribution is 6.58. The summed E-state index contributed by atoms with van der Waals surface area (Å²) in [6.45, 7) is 0.0771. The fraction of sp³-hybridized carbons (Fsp3) is 0.333. The van der Waals surface area contributed by atoms with Crippen molar-refractivity contribution in [2.24, 2.45) is 0 Å². The molecule has 3 N–H and O–H groups in total. The van der Waals surface area contributed by atoms with E-state index in [4.69, 9.17) is 19.9 Å². The second-order valence-corrected chi connectivity index (χ2v) is 4.02. The van der Waals surface area contributed by atoms with Crippen LogP contribution in [-0.2, 0) is 20.9 Å². The van der Waals surface area contributed by atoms with Crippen LogP contribution >= 0.6 is 0 Å². The number of ether oxygens (including phenoxy) is 1. The first kappa shape index (κ1) is 15.2. The Bertz CT molecular complexity index is 428. The predicted octanol–water partition coefficient (Wildman–Crippen LogP) is -0.336. The molecule has 0 heterocycles. The first-order valence-electron chi connectivity index (χ1n) is 5.81. The second kappa shape index (κ2) is 7.55. The summed E-state index contributed by atoms with van der Waals surface area (Å²) < 4.78 is 4.95. The van der Waals surface area contributed by atoms with Crippen LogP contribution in [0.25, 0.3) is 0 Å². The number of esters is 1. The van der Waals surface area contributed by atoms with E-state index < -0.39 is 19.1 Å². The predicted molar refractivity (Wildman–Crippen MR) is 67.6 cm³/mol. The third-order valence-electron chi connectivity index (χ3n) is 2.45. The van der Waals surface area contributed by atoms with Gasteiger partial charge in [-0.15, -0.1) is 0 Å². The van der Waals surface area contributed by atoms with E-state index in [-0.39, 0.29) is 25.9 Å². The standard InChI is InChI=1S/C12H15BO6/c14-11(15)2-1-3-12(16)19-8-9-4-6-10(7-5-9)13(17)18/h4-7,17-18H,1-3,8H2,(H,14,15). The number of carboxylic acids is 1. The zero-order valence-electron chi connectivity index (χ0n) is 10.3. The van der Waals surface area contributed by atoms with Crippen LogP contribution in [0.3, 0.4) is 0 Å². The quantitative estimate of drug-likeness (QED) is 0.461. The molecule has 1 aromatic rings. The van der Waals surface area contributed by atoms with E-state index in [2.05, 4.69) is 0 Å². The van der Waals surface area contributed by atoms with Gasteiger partial charge in [-0.2, -0.15) is 0 Å². The summed E-state index contributed by atoms with van der Waals surface area (Å²) >= 11 is 0. The lowest BCUT2D eigenvalue weighted by Crippen LogP contribution is -2.29. The topological polar surface area (TPSA) is 104 Å². The summed E-state index contributed by atoms with van der Waals surface area (Å²) in [5.41, 5.74) is 1.08. The van der Waals surface area contributed by atoms with E-state index in [1.54, 1.807) is 12.1 Å². The van der Waals surface area contributed by atoms with Crippen molar-refractivity contribution < 1.29 is 29.5 Å². The highest BCUT2D eigenvalue weighted by Gasteiger charge is 2.10. The zero-order valence-corrected chi connectivity index (χ0v) is 10.3. The minimum absolute atomic E-state index is 0.0574. The summed E-state index contributed by atoms with van der Waals surface area (Å²) in [5.74, 6) is -1.39. The van der Waals surface area contributed by atoms with Gasteiger partial charge in [0.15, 0.2) is 0 Å². The van der Waals surface area contributed by atoms with Crippen LogP contribution in [0.2, 0.25) is 0 Å². The maximum atomic E-state index is 11.3. The van der Waals surface area contributed by atoms with Gasteiger partial charge in [-0.25, -0.2) is 0 Å². The van der Waals surface area contributed by atoms with Crippen LogP contribution in [0.15, 0.2) is 24.3 Å². The fourth-order valence-electron chi connectivity index (χ4n) is 1.41. The van der Waals surface area contributed by atoms with Gasteiger partial charge in [0.2, 0.25) is 0 Å². The first-order chi connectivity index (χ1) is 8.99. The SMILES string of the molecule is O=C(O)CCCC(=O)OCc1ccc(B(O)O)cc1. The van der Waals surface area contributed by atoms with Crippen molar-refractivity contribution in [2.75, 3.05) is 0 Å². The molecule has 1 rings (SSSR count). The van der Waals surface area contributed by atoms with Gasteiger partial charge in [0.25, 0.3) is 0 Å². The number of hydrogen-bond donors (Lipinski definition) is 3. The van der Waals surface area contributed by atoms with Crippen LogP contribution in [0.1, 0.15) is 24.8 Å². The molecule has 0 aliphatic heterocycles. The van der Waals surface area contributed by atoms with Gasteiger partial charge in [-0.1, -0.05) is 24.3 Å². The molecule has 0 aromatic heterocycles. The molecule has 0 spiro atoms. The van der Waals surface area contributed by atoms with Crippen molar-refractivity contribution in [3.05, 3.63) is 29.8 Å². The Balaban J connectivity index is 2.31. The Kier molecular flexibility index (Phi) is 6.04. The maximum absolute atomic E-state index is 11.3. The van der Waals surface area contributed by atoms with E-state index in [1.807, 2.05) is 0 Å². The minimum atomic E-state index is -1.52. The van der Waals surface area contributed by atoms with Crippen molar-refractivity contribution in [1.82, 2.24) is 0 Å². The van der Waals surface area contributed by atoms with Crippen LogP contribution < -0.4 is 5.46 Å². The number of aliphatic carboxylic acids is 1. The number of rotatable bonds is 7. The molecule has 19 heavy (non-hydrogen) atoms. The Labute approximate surface area is 110 Å². The largest absolute Gasteiger partial charge is 0.488 e. The van der Waals surface area contributed by atoms with Crippen LogP contribution in [0, 0.1) is 0 Å². The normalized spacial score (nSPS) is 10.0. The second-order valence-electron chi connectivity index (χ2n) is 4.02. The van der Waals surface area contributed by atoms with E-state index in [0.29, 0.717) is 5.46 Å². The molecule has 0 saturated carbocycles. The van der Waals surface area contributed by atoms with Gasteiger partial charge in [0.1, 0.15) is 6.61 Å². The van der Waals surface area contributed by atoms with Crippen molar-refractivity contribution >= 4 is 24.5 Å². The smallest absolute Gasteiger partial charge is 0.481 e. The number of carbonyl (C=O) groups excluding carboxylic acids is 1. The molecule has 1 aromatic carbocycles. The summed E-state index contributed by atoms with van der Waals surface area (Å²) in [5, 5.41) is 26.2. The lowest BCUT2D eigenvalue weighted by atomic mass is 9.80. The number of benzene rings is 1. The Morgan fingerprint density at radius 2 is 1.74 bits per heavy atom. The monoisotopic (exact) mass is 266 g/mol. The summed E-state index contributed by atoms with van der Waals surface area (Å²) in [4.78, 5) is 21.5. The van der Waals surface area contributed by atoms with Gasteiger partial charge in [0, 0.05) is 12.8 Å². The minimum Gasteiger partial charge on any atom is -0.481 e. The van der Waals surface area contributed by atoms with Gasteiger partial charge in [0.05, 0.1) is 0 Å². The highest BCUT2D eigenvalue weighted by atomic mass is 16.5. The van der Waals surface area contributed by atoms with Gasteiger partial charge in [-0.3, -0.25) is 9.59 Å². The number of carboxylic acid groups (broad SMARTS) is 1. The Hall–Kier alpha value is -1.86. The lowest BCUT2D eigenvalue weighted by Gasteiger charge is -2.05. The molecule has 0 bridgehead atoms. The summed E-state index contributed by atoms with van der Waals surface area (Å²) in [7, 11) is -1.52. The number of hydrogen-bond acceptors (Lipinski definition) is 5. The van der Waals surface area contributed by atoms with Crippen LogP contribution in [0.5, 0.6) is 0 Å². The number of carbonyl (C=O) groups is 2. The van der Waals surface area contributed by atoms with Crippen molar-refractivity contribution in [3.8, 4) is 0 Å². The van der Waals surface area contributed by atoms with Crippen LogP contribution in [0.4, 0.5) is 0 Å². The highest BCUT2D eigenvalue weighted by Crippen LogP contribution is 2.03. The van der Waals surface area contributed by atoms with Gasteiger partial charge < -0.3 is 19.9 Å². The molecule has 0 saturated heterocycles. The molecule has 7 heteroatoms. The average molecular weight is 266 g/mol. The third kappa shape index (κ3) is 6.03. The molecular weight excluding hydrogens is 251 g/mol. The molecule has 0 amide bonds. The molecule has 0 fully saturated rings. The molecule has 6 nitrogen and oxygen atoms in total. The molecule has 0 aliphatic carbocycles. The van der Waals surface area contributed by atoms with E-state index in [0.717, 1.165) is 5.56 Å². The van der Waals surface area contributed by atoms with E-state index in [9.17, 15) is 9.59 Å². The van der Waals surface area contributed by atoms with Crippen molar-refractivity contribution in [2.45, 2.75) is 25.9 Å². The van der Waals surface area contributed by atoms with Crippen molar-refractivity contribution in [3.63, 3.8) is 0 Å². The lowest BCUT2D eigenvalue weighted by molar-refractivity contribution is -0.145. The first-order valence-corrected chi connectivity index (χ1v) is 5.81. The van der Waals surface area contributed by atoms with Crippen LogP contribution in [-0.4, -0.2) is 34.2 Å². The third-order valence-corrected chi connectivity index (χ3v) is 2.45. The maximum Gasteiger partial charge on any atom is 0.488 e. The fourth-order valence-corrected chi connectivity index (χ4v) is 1.41. The zero-order chi connectivity index (χ0) is 14.3. The van der Waals surface area contributed by atoms with E-state index >= 15 is 0 Å². The van der Waals surface area contributed by atoms with Gasteiger partial charge >= 0.3 is 19.1 Å². The Morgan fingerprint density at radius 3 is 2.26 bits per heavy atom. The summed E-state index contributed by atoms with van der Waals surface area (Å²) in [6, 6.07) is 6.30. The van der Waals surface area contributed by atoms with Crippen molar-refractivity contribution in [1.29, 1.82) is 0 Å². The van der Waals surface area contributed by atoms with Gasteiger partial charge in [-0.05, 0) is 17.4 Å². The molecular formula is C12H15BO6. The molecule has 0 aliphatic rings. The Morgan fingerprint density at radius 1 is 1.11 bits per heavy atom. The molecule has 0 unspecified atom stereocenters. The average Bonchev–Trinajstić information content (AvgIpc) is 2.36. The molecule has 0 atom stereocenters.